The largest absolute Gasteiger partial charge is 0.484 e. The quantitative estimate of drug-likeness (QED) is 0.737. The van der Waals surface area contributed by atoms with Crippen LogP contribution in [0.3, 0.4) is 0 Å². The Bertz CT molecular complexity index is 691. The summed E-state index contributed by atoms with van der Waals surface area (Å²) < 4.78 is 18.9. The molecule has 2 rings (SSSR count). The molecule has 0 unspecified atom stereocenters. The van der Waals surface area contributed by atoms with Gasteiger partial charge in [0.05, 0.1) is 0 Å². The second-order valence-corrected chi connectivity index (χ2v) is 6.63. The molecule has 0 bridgehead atoms. The van der Waals surface area contributed by atoms with Gasteiger partial charge in [-0.25, -0.2) is 4.39 Å². The van der Waals surface area contributed by atoms with Crippen LogP contribution < -0.4 is 10.1 Å². The fourth-order valence-electron chi connectivity index (χ4n) is 2.06. The predicted octanol–water partition coefficient (Wildman–Crippen LogP) is 3.87. The number of rotatable bonds is 8. The smallest absolute Gasteiger partial charge is 0.257 e. The molecule has 0 saturated heterocycles. The lowest BCUT2D eigenvalue weighted by molar-refractivity contribution is -0.122. The lowest BCUT2D eigenvalue weighted by Crippen LogP contribution is -2.30. The Morgan fingerprint density at radius 3 is 2.71 bits per heavy atom. The van der Waals surface area contributed by atoms with E-state index in [1.54, 1.807) is 23.9 Å². The Morgan fingerprint density at radius 2 is 1.96 bits per heavy atom. The van der Waals surface area contributed by atoms with E-state index in [0.717, 1.165) is 11.3 Å². The summed E-state index contributed by atoms with van der Waals surface area (Å²) in [4.78, 5) is 11.8. The zero-order valence-corrected chi connectivity index (χ0v) is 14.8. The molecule has 0 radical (unpaired) electrons. The van der Waals surface area contributed by atoms with Crippen molar-refractivity contribution in [3.8, 4) is 5.75 Å². The number of nitrogens with one attached hydrogen (secondary N) is 1. The van der Waals surface area contributed by atoms with E-state index < -0.39 is 0 Å². The summed E-state index contributed by atoms with van der Waals surface area (Å²) in [7, 11) is 0. The number of hydrogen-bond donors (Lipinski definition) is 1. The molecule has 24 heavy (non-hydrogen) atoms. The normalized spacial score (nSPS) is 10.5. The molecule has 0 spiro atoms. The van der Waals surface area contributed by atoms with Crippen LogP contribution in [0.5, 0.6) is 5.75 Å². The molecule has 128 valence electrons. The van der Waals surface area contributed by atoms with Crippen molar-refractivity contribution in [3.05, 3.63) is 65.0 Å². The van der Waals surface area contributed by atoms with Crippen molar-refractivity contribution in [2.45, 2.75) is 19.6 Å². The van der Waals surface area contributed by atoms with Crippen LogP contribution in [0, 0.1) is 19.7 Å². The maximum Gasteiger partial charge on any atom is 0.257 e. The van der Waals surface area contributed by atoms with Crippen LogP contribution in [0.4, 0.5) is 4.39 Å². The van der Waals surface area contributed by atoms with Crippen LogP contribution in [0.25, 0.3) is 0 Å². The molecular weight excluding hydrogens is 325 g/mol. The maximum atomic E-state index is 13.4. The first-order chi connectivity index (χ1) is 11.6. The fraction of sp³-hybridized carbons (Fsp3) is 0.316. The SMILES string of the molecule is Cc1ccc(OCC(=O)NCCSCc2ccccc2F)cc1C. The van der Waals surface area contributed by atoms with Gasteiger partial charge >= 0.3 is 0 Å². The molecule has 2 aromatic carbocycles. The van der Waals surface area contributed by atoms with E-state index in [-0.39, 0.29) is 18.3 Å². The van der Waals surface area contributed by atoms with Crippen LogP contribution >= 0.6 is 11.8 Å². The third-order valence-corrected chi connectivity index (χ3v) is 4.64. The van der Waals surface area contributed by atoms with E-state index >= 15 is 0 Å². The zero-order chi connectivity index (χ0) is 17.4. The van der Waals surface area contributed by atoms with E-state index in [2.05, 4.69) is 5.32 Å². The molecule has 5 heteroatoms. The van der Waals surface area contributed by atoms with Gasteiger partial charge in [-0.15, -0.1) is 0 Å². The molecular formula is C19H22FNO2S. The van der Waals surface area contributed by atoms with Gasteiger partial charge in [0.2, 0.25) is 0 Å². The summed E-state index contributed by atoms with van der Waals surface area (Å²) in [5.41, 5.74) is 3.02. The second-order valence-electron chi connectivity index (χ2n) is 5.53. The molecule has 0 aliphatic carbocycles. The Balaban J connectivity index is 1.61. The minimum atomic E-state index is -0.184. The Hall–Kier alpha value is -2.01. The maximum absolute atomic E-state index is 13.4. The van der Waals surface area contributed by atoms with Crippen LogP contribution in [0.2, 0.25) is 0 Å². The third kappa shape index (κ3) is 5.89. The lowest BCUT2D eigenvalue weighted by Gasteiger charge is -2.09. The van der Waals surface area contributed by atoms with Crippen LogP contribution in [-0.4, -0.2) is 24.8 Å². The third-order valence-electron chi connectivity index (χ3n) is 3.63. The van der Waals surface area contributed by atoms with Gasteiger partial charge in [-0.2, -0.15) is 11.8 Å². The highest BCUT2D eigenvalue weighted by Gasteiger charge is 2.04. The molecule has 3 nitrogen and oxygen atoms in total. The van der Waals surface area contributed by atoms with E-state index in [9.17, 15) is 9.18 Å². The molecule has 0 heterocycles. The topological polar surface area (TPSA) is 38.3 Å². The van der Waals surface area contributed by atoms with Gasteiger partial charge in [0.25, 0.3) is 5.91 Å². The Kier molecular flexibility index (Phi) is 7.12. The van der Waals surface area contributed by atoms with Crippen molar-refractivity contribution >= 4 is 17.7 Å². The van der Waals surface area contributed by atoms with Crippen molar-refractivity contribution in [1.82, 2.24) is 5.32 Å². The number of halogens is 1. The van der Waals surface area contributed by atoms with E-state index in [1.807, 2.05) is 38.1 Å². The molecule has 0 aromatic heterocycles. The first kappa shape index (κ1) is 18.3. The lowest BCUT2D eigenvalue weighted by atomic mass is 10.1. The Morgan fingerprint density at radius 1 is 1.17 bits per heavy atom. The van der Waals surface area contributed by atoms with E-state index in [1.165, 1.54) is 11.6 Å². The summed E-state index contributed by atoms with van der Waals surface area (Å²) in [6.07, 6.45) is 0. The predicted molar refractivity (Wildman–Crippen MR) is 97.0 cm³/mol. The number of benzene rings is 2. The van der Waals surface area contributed by atoms with Gasteiger partial charge in [0.1, 0.15) is 11.6 Å². The van der Waals surface area contributed by atoms with Gasteiger partial charge in [0.15, 0.2) is 6.61 Å². The van der Waals surface area contributed by atoms with Crippen LogP contribution in [-0.2, 0) is 10.5 Å². The number of carbonyl (C=O) groups excluding carboxylic acids is 1. The first-order valence-corrected chi connectivity index (χ1v) is 8.99. The minimum absolute atomic E-state index is 0.000477. The summed E-state index contributed by atoms with van der Waals surface area (Å²) in [5, 5.41) is 2.80. The molecule has 0 atom stereocenters. The summed E-state index contributed by atoms with van der Waals surface area (Å²) >= 11 is 1.58. The molecule has 0 saturated carbocycles. The molecule has 2 aromatic rings. The number of hydrogen-bond acceptors (Lipinski definition) is 3. The van der Waals surface area contributed by atoms with E-state index in [4.69, 9.17) is 4.74 Å². The minimum Gasteiger partial charge on any atom is -0.484 e. The standard InChI is InChI=1S/C19H22FNO2S/c1-14-7-8-17(11-15(14)2)23-12-19(22)21-9-10-24-13-16-5-3-4-6-18(16)20/h3-8,11H,9-10,12-13H2,1-2H3,(H,21,22). The van der Waals surface area contributed by atoms with Crippen LogP contribution in [0.15, 0.2) is 42.5 Å². The number of thioether (sulfide) groups is 1. The van der Waals surface area contributed by atoms with Crippen molar-refractivity contribution < 1.29 is 13.9 Å². The van der Waals surface area contributed by atoms with Crippen molar-refractivity contribution in [1.29, 1.82) is 0 Å². The summed E-state index contributed by atoms with van der Waals surface area (Å²) in [6.45, 7) is 4.58. The van der Waals surface area contributed by atoms with E-state index in [0.29, 0.717) is 23.6 Å². The monoisotopic (exact) mass is 347 g/mol. The van der Waals surface area contributed by atoms with Gasteiger partial charge in [-0.05, 0) is 48.7 Å². The Labute approximate surface area is 146 Å². The zero-order valence-electron chi connectivity index (χ0n) is 14.0. The fourth-order valence-corrected chi connectivity index (χ4v) is 2.91. The highest BCUT2D eigenvalue weighted by molar-refractivity contribution is 7.98. The van der Waals surface area contributed by atoms with Gasteiger partial charge in [-0.1, -0.05) is 24.3 Å². The number of amides is 1. The van der Waals surface area contributed by atoms with Crippen LogP contribution in [0.1, 0.15) is 16.7 Å². The summed E-state index contributed by atoms with van der Waals surface area (Å²) in [5.74, 6) is 1.68. The molecule has 1 amide bonds. The molecule has 0 aliphatic rings. The van der Waals surface area contributed by atoms with Crippen molar-refractivity contribution in [3.63, 3.8) is 0 Å². The molecule has 1 N–H and O–H groups in total. The highest BCUT2D eigenvalue weighted by Crippen LogP contribution is 2.16. The average molecular weight is 347 g/mol. The number of ether oxygens (including phenoxy) is 1. The molecule has 0 fully saturated rings. The first-order valence-electron chi connectivity index (χ1n) is 7.84. The van der Waals surface area contributed by atoms with Gasteiger partial charge < -0.3 is 10.1 Å². The van der Waals surface area contributed by atoms with Crippen molar-refractivity contribution in [2.24, 2.45) is 0 Å². The van der Waals surface area contributed by atoms with Gasteiger partial charge in [0, 0.05) is 18.1 Å². The molecule has 0 aliphatic heterocycles. The number of carbonyl (C=O) groups is 1. The average Bonchev–Trinajstić information content (AvgIpc) is 2.57. The second kappa shape index (κ2) is 9.33. The summed E-state index contributed by atoms with van der Waals surface area (Å²) in [6, 6.07) is 12.5. The highest BCUT2D eigenvalue weighted by atomic mass is 32.2. The van der Waals surface area contributed by atoms with Crippen molar-refractivity contribution in [2.75, 3.05) is 18.9 Å². The van der Waals surface area contributed by atoms with Gasteiger partial charge in [-0.3, -0.25) is 4.79 Å². The number of aryl methyl sites for hydroxylation is 2.